The predicted molar refractivity (Wildman–Crippen MR) is 101 cm³/mol. The molecule has 0 saturated heterocycles. The van der Waals surface area contributed by atoms with E-state index in [0.717, 1.165) is 11.4 Å². The normalized spacial score (nSPS) is 11.8. The molecule has 3 aromatic rings. The van der Waals surface area contributed by atoms with E-state index in [4.69, 9.17) is 16.3 Å². The van der Waals surface area contributed by atoms with Gasteiger partial charge >= 0.3 is 0 Å². The van der Waals surface area contributed by atoms with E-state index in [1.54, 1.807) is 37.1 Å². The number of nitrogens with one attached hydrogen (secondary N) is 1. The van der Waals surface area contributed by atoms with Crippen LogP contribution in [0.3, 0.4) is 0 Å². The number of hydrogen-bond donors (Lipinski definition) is 1. The van der Waals surface area contributed by atoms with Crippen molar-refractivity contribution in [3.63, 3.8) is 0 Å². The smallest absolute Gasteiger partial charge is 0.238 e. The maximum atomic E-state index is 12.4. The fourth-order valence-electron chi connectivity index (χ4n) is 2.13. The Morgan fingerprint density at radius 1 is 1.35 bits per heavy atom. The zero-order valence-corrected chi connectivity index (χ0v) is 15.7. The maximum absolute atomic E-state index is 12.4. The van der Waals surface area contributed by atoms with Gasteiger partial charge in [0.25, 0.3) is 0 Å². The molecule has 0 saturated carbocycles. The van der Waals surface area contributed by atoms with E-state index in [-0.39, 0.29) is 5.91 Å². The van der Waals surface area contributed by atoms with Gasteiger partial charge < -0.3 is 10.1 Å². The van der Waals surface area contributed by atoms with Crippen molar-refractivity contribution in [1.29, 1.82) is 0 Å². The van der Waals surface area contributed by atoms with E-state index >= 15 is 0 Å². The van der Waals surface area contributed by atoms with Crippen LogP contribution >= 0.6 is 23.4 Å². The maximum Gasteiger partial charge on any atom is 0.238 e. The van der Waals surface area contributed by atoms with Crippen molar-refractivity contribution in [3.05, 3.63) is 53.9 Å². The molecule has 2 aromatic heterocycles. The van der Waals surface area contributed by atoms with Crippen LogP contribution < -0.4 is 10.1 Å². The molecular formula is C17H16ClN5O2S. The molecule has 0 radical (unpaired) electrons. The molecule has 0 fully saturated rings. The van der Waals surface area contributed by atoms with Crippen molar-refractivity contribution in [1.82, 2.24) is 19.7 Å². The monoisotopic (exact) mass is 389 g/mol. The molecule has 0 aliphatic carbocycles. The third kappa shape index (κ3) is 4.33. The van der Waals surface area contributed by atoms with Crippen LogP contribution in [0.2, 0.25) is 5.02 Å². The molecule has 1 N–H and O–H groups in total. The van der Waals surface area contributed by atoms with Gasteiger partial charge in [-0.25, -0.2) is 4.98 Å². The molecule has 0 spiro atoms. The first-order valence-corrected chi connectivity index (χ1v) is 8.96. The van der Waals surface area contributed by atoms with Crippen LogP contribution in [0, 0.1) is 0 Å². The average molecular weight is 390 g/mol. The lowest BCUT2D eigenvalue weighted by Crippen LogP contribution is -2.23. The average Bonchev–Trinajstić information content (AvgIpc) is 3.11. The minimum Gasteiger partial charge on any atom is -0.497 e. The molecule has 1 atom stereocenters. The van der Waals surface area contributed by atoms with Crippen molar-refractivity contribution in [2.24, 2.45) is 0 Å². The molecule has 9 heteroatoms. The number of methoxy groups -OCH3 is 1. The van der Waals surface area contributed by atoms with Crippen LogP contribution in [0.1, 0.15) is 6.92 Å². The summed E-state index contributed by atoms with van der Waals surface area (Å²) in [5.41, 5.74) is 0.851. The number of hydrogen-bond acceptors (Lipinski definition) is 6. The van der Waals surface area contributed by atoms with Gasteiger partial charge in [-0.3, -0.25) is 9.36 Å². The van der Waals surface area contributed by atoms with Crippen molar-refractivity contribution in [3.8, 4) is 11.4 Å². The SMILES string of the molecule is COc1cccc(-n2cnnc2SC(C)C(=O)Nc2ccc(Cl)cn2)c1. The second-order valence-electron chi connectivity index (χ2n) is 5.30. The highest BCUT2D eigenvalue weighted by Crippen LogP contribution is 2.26. The van der Waals surface area contributed by atoms with Gasteiger partial charge in [0, 0.05) is 12.3 Å². The van der Waals surface area contributed by atoms with Gasteiger partial charge in [0.1, 0.15) is 17.9 Å². The Bertz CT molecular complexity index is 900. The van der Waals surface area contributed by atoms with Crippen molar-refractivity contribution < 1.29 is 9.53 Å². The number of ether oxygens (including phenoxy) is 1. The lowest BCUT2D eigenvalue weighted by atomic mass is 10.3. The number of halogens is 1. The van der Waals surface area contributed by atoms with Gasteiger partial charge in [-0.1, -0.05) is 29.4 Å². The predicted octanol–water partition coefficient (Wildman–Crippen LogP) is 3.44. The van der Waals surface area contributed by atoms with E-state index in [1.807, 2.05) is 24.3 Å². The van der Waals surface area contributed by atoms with E-state index < -0.39 is 5.25 Å². The molecule has 0 aliphatic rings. The molecular weight excluding hydrogens is 374 g/mol. The standard InChI is InChI=1S/C17H16ClN5O2S/c1-11(16(24)21-15-7-6-12(18)9-19-15)26-17-22-20-10-23(17)13-4-3-5-14(8-13)25-2/h3-11H,1-2H3,(H,19,21,24). The summed E-state index contributed by atoms with van der Waals surface area (Å²) in [4.78, 5) is 16.5. The fourth-order valence-corrected chi connectivity index (χ4v) is 3.09. The molecule has 1 unspecified atom stereocenters. The third-order valence-corrected chi connectivity index (χ3v) is 4.76. The molecule has 7 nitrogen and oxygen atoms in total. The summed E-state index contributed by atoms with van der Waals surface area (Å²) in [5.74, 6) is 0.984. The molecule has 3 rings (SSSR count). The first-order valence-electron chi connectivity index (χ1n) is 7.70. The number of benzene rings is 1. The highest BCUT2D eigenvalue weighted by Gasteiger charge is 2.19. The zero-order chi connectivity index (χ0) is 18.5. The summed E-state index contributed by atoms with van der Waals surface area (Å²) in [6, 6.07) is 10.8. The number of carbonyl (C=O) groups is 1. The topological polar surface area (TPSA) is 81.9 Å². The first kappa shape index (κ1) is 18.2. The van der Waals surface area contributed by atoms with Gasteiger partial charge in [0.2, 0.25) is 5.91 Å². The molecule has 1 aromatic carbocycles. The minimum absolute atomic E-state index is 0.190. The van der Waals surface area contributed by atoms with E-state index in [2.05, 4.69) is 20.5 Å². The highest BCUT2D eigenvalue weighted by atomic mass is 35.5. The van der Waals surface area contributed by atoms with E-state index in [1.165, 1.54) is 18.0 Å². The number of aromatic nitrogens is 4. The lowest BCUT2D eigenvalue weighted by Gasteiger charge is -2.12. The molecule has 2 heterocycles. The second kappa shape index (κ2) is 8.20. The van der Waals surface area contributed by atoms with Gasteiger partial charge in [-0.15, -0.1) is 10.2 Å². The molecule has 26 heavy (non-hydrogen) atoms. The number of amides is 1. The summed E-state index contributed by atoms with van der Waals surface area (Å²) >= 11 is 7.09. The molecule has 134 valence electrons. The van der Waals surface area contributed by atoms with E-state index in [9.17, 15) is 4.79 Å². The van der Waals surface area contributed by atoms with Crippen molar-refractivity contribution >= 4 is 35.1 Å². The van der Waals surface area contributed by atoms with E-state index in [0.29, 0.717) is 16.0 Å². The lowest BCUT2D eigenvalue weighted by molar-refractivity contribution is -0.115. The van der Waals surface area contributed by atoms with Gasteiger partial charge in [0.05, 0.1) is 23.1 Å². The first-order chi connectivity index (χ1) is 12.6. The number of carbonyl (C=O) groups excluding carboxylic acids is 1. The van der Waals surface area contributed by atoms with Crippen LogP contribution in [-0.2, 0) is 4.79 Å². The summed E-state index contributed by atoms with van der Waals surface area (Å²) in [6.07, 6.45) is 3.08. The molecule has 1 amide bonds. The number of anilines is 1. The highest BCUT2D eigenvalue weighted by molar-refractivity contribution is 8.00. The van der Waals surface area contributed by atoms with Crippen molar-refractivity contribution in [2.45, 2.75) is 17.3 Å². The quantitative estimate of drug-likeness (QED) is 0.650. The number of thioether (sulfide) groups is 1. The van der Waals surface area contributed by atoms with Crippen LogP contribution in [0.4, 0.5) is 5.82 Å². The summed E-state index contributed by atoms with van der Waals surface area (Å²) in [6.45, 7) is 1.79. The number of pyridine rings is 1. The number of rotatable bonds is 6. The fraction of sp³-hybridized carbons (Fsp3) is 0.176. The summed E-state index contributed by atoms with van der Waals surface area (Å²) in [7, 11) is 1.61. The Kier molecular flexibility index (Phi) is 5.75. The molecule has 0 bridgehead atoms. The Labute approximate surface area is 159 Å². The second-order valence-corrected chi connectivity index (χ2v) is 7.04. The van der Waals surface area contributed by atoms with Crippen LogP contribution in [-0.4, -0.2) is 38.0 Å². The summed E-state index contributed by atoms with van der Waals surface area (Å²) < 4.78 is 7.05. The third-order valence-electron chi connectivity index (χ3n) is 3.48. The minimum atomic E-state index is -0.402. The Morgan fingerprint density at radius 2 is 2.19 bits per heavy atom. The van der Waals surface area contributed by atoms with Crippen LogP contribution in [0.5, 0.6) is 5.75 Å². The van der Waals surface area contributed by atoms with Crippen LogP contribution in [0.25, 0.3) is 5.69 Å². The Hall–Kier alpha value is -2.58. The zero-order valence-electron chi connectivity index (χ0n) is 14.1. The largest absolute Gasteiger partial charge is 0.497 e. The molecule has 0 aliphatic heterocycles. The van der Waals surface area contributed by atoms with Gasteiger partial charge in [-0.05, 0) is 31.2 Å². The Morgan fingerprint density at radius 3 is 2.92 bits per heavy atom. The number of nitrogens with zero attached hydrogens (tertiary/aromatic N) is 4. The van der Waals surface area contributed by atoms with Crippen molar-refractivity contribution in [2.75, 3.05) is 12.4 Å². The van der Waals surface area contributed by atoms with Gasteiger partial charge in [-0.2, -0.15) is 0 Å². The Balaban J connectivity index is 1.71. The van der Waals surface area contributed by atoms with Crippen LogP contribution in [0.15, 0.2) is 54.1 Å². The summed E-state index contributed by atoms with van der Waals surface area (Å²) in [5, 5.41) is 11.5. The van der Waals surface area contributed by atoms with Gasteiger partial charge in [0.15, 0.2) is 5.16 Å².